The predicted molar refractivity (Wildman–Crippen MR) is 121 cm³/mol. The van der Waals surface area contributed by atoms with E-state index >= 15 is 0 Å². The van der Waals surface area contributed by atoms with Gasteiger partial charge in [0, 0.05) is 16.5 Å². The van der Waals surface area contributed by atoms with Gasteiger partial charge in [-0.2, -0.15) is 0 Å². The van der Waals surface area contributed by atoms with Crippen LogP contribution in [0.15, 0.2) is 109 Å². The molecule has 0 radical (unpaired) electrons. The van der Waals surface area contributed by atoms with Crippen LogP contribution in [-0.2, 0) is 0 Å². The van der Waals surface area contributed by atoms with Gasteiger partial charge in [0.1, 0.15) is 0 Å². The minimum absolute atomic E-state index is 1.17. The molecule has 1 nitrogen and oxygen atoms in total. The van der Waals surface area contributed by atoms with Gasteiger partial charge in [-0.3, -0.25) is 0 Å². The molecule has 0 bridgehead atoms. The van der Waals surface area contributed by atoms with Gasteiger partial charge in [0.25, 0.3) is 0 Å². The van der Waals surface area contributed by atoms with Crippen LogP contribution in [0.3, 0.4) is 0 Å². The number of hydrogen-bond acceptors (Lipinski definition) is 1. The third-order valence-electron chi connectivity index (χ3n) is 5.31. The van der Waals surface area contributed by atoms with E-state index < -0.39 is 0 Å². The highest BCUT2D eigenvalue weighted by Gasteiger charge is 2.17. The summed E-state index contributed by atoms with van der Waals surface area (Å²) in [5.41, 5.74) is 4.81. The summed E-state index contributed by atoms with van der Waals surface area (Å²) in [6.45, 7) is 2.13. The monoisotopic (exact) mass is 359 g/mol. The fraction of sp³-hybridized carbons (Fsp3) is 0.0370. The molecule has 5 aromatic rings. The first-order chi connectivity index (χ1) is 13.8. The maximum Gasteiger partial charge on any atom is 0.0540 e. The molecule has 0 aromatic heterocycles. The Hall–Kier alpha value is -3.58. The van der Waals surface area contributed by atoms with Crippen molar-refractivity contribution in [1.29, 1.82) is 0 Å². The highest BCUT2D eigenvalue weighted by molar-refractivity contribution is 6.04. The Bertz CT molecular complexity index is 1180. The van der Waals surface area contributed by atoms with Gasteiger partial charge in [-0.15, -0.1) is 0 Å². The Balaban J connectivity index is 1.84. The average molecular weight is 359 g/mol. The Labute approximate surface area is 165 Å². The van der Waals surface area contributed by atoms with Crippen LogP contribution in [0, 0.1) is 6.92 Å². The summed E-state index contributed by atoms with van der Waals surface area (Å²) in [6.07, 6.45) is 0. The number of benzene rings is 5. The van der Waals surface area contributed by atoms with Crippen LogP contribution in [0.1, 0.15) is 5.56 Å². The molecule has 0 amide bonds. The zero-order chi connectivity index (χ0) is 18.9. The fourth-order valence-electron chi connectivity index (χ4n) is 3.91. The highest BCUT2D eigenvalue weighted by atomic mass is 15.1. The van der Waals surface area contributed by atoms with Crippen LogP contribution in [-0.4, -0.2) is 0 Å². The third-order valence-corrected chi connectivity index (χ3v) is 5.31. The third kappa shape index (κ3) is 2.82. The average Bonchev–Trinajstić information content (AvgIpc) is 2.75. The lowest BCUT2D eigenvalue weighted by atomic mass is 10.0. The molecule has 0 atom stereocenters. The van der Waals surface area contributed by atoms with Crippen LogP contribution in [0.5, 0.6) is 0 Å². The lowest BCUT2D eigenvalue weighted by Crippen LogP contribution is -2.11. The van der Waals surface area contributed by atoms with Crippen molar-refractivity contribution in [2.24, 2.45) is 0 Å². The van der Waals surface area contributed by atoms with Gasteiger partial charge in [-0.25, -0.2) is 0 Å². The molecule has 134 valence electrons. The predicted octanol–water partition coefficient (Wildman–Crippen LogP) is 7.77. The van der Waals surface area contributed by atoms with Gasteiger partial charge < -0.3 is 4.90 Å². The second kappa shape index (κ2) is 6.86. The Morgan fingerprint density at radius 1 is 0.464 bits per heavy atom. The first kappa shape index (κ1) is 16.6. The molecular formula is C27H21N. The summed E-state index contributed by atoms with van der Waals surface area (Å²) in [6, 6.07) is 39.0. The standard InChI is InChI=1S/C27H21N/c1-20-16-18-23(19-17-20)28(26-14-6-10-21-8-2-4-12-24(21)26)27-15-7-11-22-9-3-5-13-25(22)27/h2-19H,1H3. The van der Waals surface area contributed by atoms with Crippen molar-refractivity contribution >= 4 is 38.6 Å². The Morgan fingerprint density at radius 3 is 1.46 bits per heavy atom. The number of aryl methyl sites for hydroxylation is 1. The van der Waals surface area contributed by atoms with Gasteiger partial charge >= 0.3 is 0 Å². The molecule has 0 heterocycles. The van der Waals surface area contributed by atoms with Crippen molar-refractivity contribution < 1.29 is 0 Å². The van der Waals surface area contributed by atoms with Gasteiger partial charge in [-0.1, -0.05) is 90.5 Å². The number of anilines is 3. The molecule has 5 rings (SSSR count). The van der Waals surface area contributed by atoms with E-state index in [1.54, 1.807) is 0 Å². The number of rotatable bonds is 3. The molecule has 0 N–H and O–H groups in total. The summed E-state index contributed by atoms with van der Waals surface area (Å²) < 4.78 is 0. The summed E-state index contributed by atoms with van der Waals surface area (Å²) in [5, 5.41) is 4.99. The molecule has 0 fully saturated rings. The van der Waals surface area contributed by atoms with Gasteiger partial charge in [0.15, 0.2) is 0 Å². The normalized spacial score (nSPS) is 11.0. The molecule has 0 saturated carbocycles. The molecule has 0 spiro atoms. The number of fused-ring (bicyclic) bond motifs is 2. The molecule has 28 heavy (non-hydrogen) atoms. The Morgan fingerprint density at radius 2 is 0.929 bits per heavy atom. The topological polar surface area (TPSA) is 3.24 Å². The summed E-state index contributed by atoms with van der Waals surface area (Å²) in [5.74, 6) is 0. The number of hydrogen-bond donors (Lipinski definition) is 0. The minimum Gasteiger partial charge on any atom is -0.309 e. The molecule has 0 aliphatic rings. The van der Waals surface area contributed by atoms with Crippen LogP contribution in [0.25, 0.3) is 21.5 Å². The smallest absolute Gasteiger partial charge is 0.0540 e. The molecule has 0 saturated heterocycles. The summed E-state index contributed by atoms with van der Waals surface area (Å²) in [7, 11) is 0. The van der Waals surface area contributed by atoms with E-state index in [4.69, 9.17) is 0 Å². The van der Waals surface area contributed by atoms with Crippen LogP contribution in [0.2, 0.25) is 0 Å². The highest BCUT2D eigenvalue weighted by Crippen LogP contribution is 2.41. The van der Waals surface area contributed by atoms with E-state index in [2.05, 4.69) is 121 Å². The Kier molecular flexibility index (Phi) is 4.06. The first-order valence-electron chi connectivity index (χ1n) is 9.63. The molecule has 0 unspecified atom stereocenters. The van der Waals surface area contributed by atoms with Crippen molar-refractivity contribution in [2.75, 3.05) is 4.90 Å². The fourth-order valence-corrected chi connectivity index (χ4v) is 3.91. The zero-order valence-electron chi connectivity index (χ0n) is 15.8. The lowest BCUT2D eigenvalue weighted by molar-refractivity contribution is 1.30. The van der Waals surface area contributed by atoms with Crippen molar-refractivity contribution in [3.8, 4) is 0 Å². The van der Waals surface area contributed by atoms with Crippen LogP contribution < -0.4 is 4.90 Å². The maximum absolute atomic E-state index is 2.38. The van der Waals surface area contributed by atoms with E-state index in [-0.39, 0.29) is 0 Å². The van der Waals surface area contributed by atoms with Gasteiger partial charge in [0.2, 0.25) is 0 Å². The summed E-state index contributed by atoms with van der Waals surface area (Å²) in [4.78, 5) is 2.38. The van der Waals surface area contributed by atoms with Crippen molar-refractivity contribution in [3.05, 3.63) is 115 Å². The largest absolute Gasteiger partial charge is 0.309 e. The van der Waals surface area contributed by atoms with Crippen molar-refractivity contribution in [2.45, 2.75) is 6.92 Å². The van der Waals surface area contributed by atoms with E-state index in [1.165, 1.54) is 44.2 Å². The molecule has 5 aromatic carbocycles. The first-order valence-corrected chi connectivity index (χ1v) is 9.63. The number of nitrogens with zero attached hydrogens (tertiary/aromatic N) is 1. The second-order valence-corrected chi connectivity index (χ2v) is 7.17. The van der Waals surface area contributed by atoms with Gasteiger partial charge in [-0.05, 0) is 42.0 Å². The molecule has 0 aliphatic heterocycles. The van der Waals surface area contributed by atoms with E-state index in [9.17, 15) is 0 Å². The van der Waals surface area contributed by atoms with Crippen molar-refractivity contribution in [1.82, 2.24) is 0 Å². The SMILES string of the molecule is Cc1ccc(N(c2cccc3ccccc23)c2cccc3ccccc23)cc1. The van der Waals surface area contributed by atoms with E-state index in [1.807, 2.05) is 0 Å². The quantitative estimate of drug-likeness (QED) is 0.318. The van der Waals surface area contributed by atoms with Gasteiger partial charge in [0.05, 0.1) is 11.4 Å². The lowest BCUT2D eigenvalue weighted by Gasteiger charge is -2.28. The van der Waals surface area contributed by atoms with E-state index in [0.717, 1.165) is 0 Å². The molecular weight excluding hydrogens is 338 g/mol. The minimum atomic E-state index is 1.17. The summed E-state index contributed by atoms with van der Waals surface area (Å²) >= 11 is 0. The maximum atomic E-state index is 2.38. The zero-order valence-corrected chi connectivity index (χ0v) is 15.8. The second-order valence-electron chi connectivity index (χ2n) is 7.17. The van der Waals surface area contributed by atoms with Crippen molar-refractivity contribution in [3.63, 3.8) is 0 Å². The molecule has 0 aliphatic carbocycles. The van der Waals surface area contributed by atoms with E-state index in [0.29, 0.717) is 0 Å². The van der Waals surface area contributed by atoms with Crippen LogP contribution in [0.4, 0.5) is 17.1 Å². The molecule has 1 heteroatoms. The van der Waals surface area contributed by atoms with Crippen LogP contribution >= 0.6 is 0 Å².